The zero-order chi connectivity index (χ0) is 21.1. The Kier molecular flexibility index (Phi) is 5.34. The van der Waals surface area contributed by atoms with E-state index in [2.05, 4.69) is 35.8 Å². The maximum Gasteiger partial charge on any atom is 0.154 e. The molecule has 0 amide bonds. The summed E-state index contributed by atoms with van der Waals surface area (Å²) in [5, 5.41) is 13.4. The number of nitrogens with zero attached hydrogens (tertiary/aromatic N) is 4. The summed E-state index contributed by atoms with van der Waals surface area (Å²) in [7, 11) is 0. The molecule has 3 heterocycles. The van der Waals surface area contributed by atoms with Crippen LogP contribution in [-0.2, 0) is 0 Å². The first-order chi connectivity index (χ1) is 14.5. The summed E-state index contributed by atoms with van der Waals surface area (Å²) < 4.78 is 27.2. The molecule has 1 unspecified atom stereocenters. The molecule has 0 fully saturated rings. The number of anilines is 3. The molecule has 1 atom stereocenters. The minimum absolute atomic E-state index is 0.342. The van der Waals surface area contributed by atoms with Crippen LogP contribution in [0.5, 0.6) is 0 Å². The van der Waals surface area contributed by atoms with Crippen molar-refractivity contribution in [3.05, 3.63) is 77.8 Å². The van der Waals surface area contributed by atoms with E-state index in [4.69, 9.17) is 0 Å². The van der Waals surface area contributed by atoms with E-state index in [9.17, 15) is 8.78 Å². The van der Waals surface area contributed by atoms with Crippen LogP contribution in [0.25, 0.3) is 11.4 Å². The first-order valence-electron chi connectivity index (χ1n) is 9.29. The Bertz CT molecular complexity index is 1160. The number of pyridine rings is 1. The molecule has 0 bridgehead atoms. The molecule has 9 heteroatoms. The lowest BCUT2D eigenvalue weighted by atomic mass is 10.1. The maximum atomic E-state index is 14.1. The van der Waals surface area contributed by atoms with Gasteiger partial charge in [0.1, 0.15) is 29.1 Å². The zero-order valence-electron chi connectivity index (χ0n) is 16.3. The van der Waals surface area contributed by atoms with Crippen molar-refractivity contribution >= 4 is 17.5 Å². The third-order valence-electron chi connectivity index (χ3n) is 4.41. The van der Waals surface area contributed by atoms with Gasteiger partial charge in [-0.3, -0.25) is 10.1 Å². The molecule has 30 heavy (non-hydrogen) atoms. The molecule has 4 aromatic rings. The van der Waals surface area contributed by atoms with Crippen LogP contribution in [0.1, 0.15) is 24.4 Å². The minimum atomic E-state index is -0.614. The quantitative estimate of drug-likeness (QED) is 0.427. The summed E-state index contributed by atoms with van der Waals surface area (Å²) in [6.07, 6.45) is 1.71. The third-order valence-corrected chi connectivity index (χ3v) is 4.41. The Morgan fingerprint density at radius 1 is 0.967 bits per heavy atom. The lowest BCUT2D eigenvalue weighted by molar-refractivity contribution is 0.566. The Labute approximate surface area is 171 Å². The van der Waals surface area contributed by atoms with E-state index in [-0.39, 0.29) is 0 Å². The molecule has 1 aromatic carbocycles. The number of hydrogen-bond donors (Lipinski definition) is 3. The van der Waals surface area contributed by atoms with Crippen molar-refractivity contribution < 1.29 is 8.78 Å². The average molecular weight is 407 g/mol. The van der Waals surface area contributed by atoms with Crippen LogP contribution < -0.4 is 10.6 Å². The molecule has 152 valence electrons. The second-order valence-electron chi connectivity index (χ2n) is 6.72. The van der Waals surface area contributed by atoms with Crippen molar-refractivity contribution in [2.45, 2.75) is 19.9 Å². The van der Waals surface area contributed by atoms with Crippen molar-refractivity contribution in [1.82, 2.24) is 25.1 Å². The van der Waals surface area contributed by atoms with Crippen molar-refractivity contribution in [2.75, 3.05) is 10.6 Å². The summed E-state index contributed by atoms with van der Waals surface area (Å²) in [5.41, 5.74) is 1.88. The molecule has 0 aliphatic carbocycles. The van der Waals surface area contributed by atoms with Crippen LogP contribution in [0.15, 0.2) is 54.7 Å². The lowest BCUT2D eigenvalue weighted by Crippen LogP contribution is -2.11. The molecule has 0 aliphatic rings. The van der Waals surface area contributed by atoms with Gasteiger partial charge in [0.15, 0.2) is 5.82 Å². The maximum absolute atomic E-state index is 14.1. The highest BCUT2D eigenvalue weighted by Gasteiger charge is 2.14. The predicted molar refractivity (Wildman–Crippen MR) is 110 cm³/mol. The first kappa shape index (κ1) is 19.4. The van der Waals surface area contributed by atoms with Gasteiger partial charge in [0.25, 0.3) is 0 Å². The van der Waals surface area contributed by atoms with Gasteiger partial charge in [-0.05, 0) is 32.0 Å². The smallest absolute Gasteiger partial charge is 0.154 e. The molecule has 0 saturated carbocycles. The topological polar surface area (TPSA) is 91.4 Å². The molecule has 4 rings (SSSR count). The van der Waals surface area contributed by atoms with Gasteiger partial charge >= 0.3 is 0 Å². The van der Waals surface area contributed by atoms with Gasteiger partial charge < -0.3 is 10.6 Å². The van der Waals surface area contributed by atoms with Crippen LogP contribution in [-0.4, -0.2) is 25.1 Å². The summed E-state index contributed by atoms with van der Waals surface area (Å²) in [6.45, 7) is 3.52. The highest BCUT2D eigenvalue weighted by Crippen LogP contribution is 2.24. The Hall–Kier alpha value is -3.88. The summed E-state index contributed by atoms with van der Waals surface area (Å²) in [4.78, 5) is 13.0. The van der Waals surface area contributed by atoms with Gasteiger partial charge in [0, 0.05) is 30.0 Å². The van der Waals surface area contributed by atoms with E-state index < -0.39 is 17.7 Å². The second-order valence-corrected chi connectivity index (χ2v) is 6.72. The molecule has 7 nitrogen and oxygen atoms in total. The molecular formula is C21H19F2N7. The first-order valence-corrected chi connectivity index (χ1v) is 9.29. The van der Waals surface area contributed by atoms with Gasteiger partial charge in [-0.1, -0.05) is 12.1 Å². The summed E-state index contributed by atoms with van der Waals surface area (Å²) in [5.74, 6) is 0.888. The van der Waals surface area contributed by atoms with E-state index in [1.54, 1.807) is 26.1 Å². The minimum Gasteiger partial charge on any atom is -0.363 e. The molecule has 0 spiro atoms. The van der Waals surface area contributed by atoms with Crippen LogP contribution in [0.2, 0.25) is 0 Å². The fraction of sp³-hybridized carbons (Fsp3) is 0.143. The third kappa shape index (κ3) is 4.40. The summed E-state index contributed by atoms with van der Waals surface area (Å²) >= 11 is 0. The predicted octanol–water partition coefficient (Wildman–Crippen LogP) is 4.77. The highest BCUT2D eigenvalue weighted by molar-refractivity contribution is 5.63. The number of benzene rings is 1. The van der Waals surface area contributed by atoms with E-state index in [0.29, 0.717) is 28.8 Å². The van der Waals surface area contributed by atoms with E-state index in [1.807, 2.05) is 24.3 Å². The number of H-pyrrole nitrogens is 1. The van der Waals surface area contributed by atoms with Crippen LogP contribution in [0.3, 0.4) is 0 Å². The normalized spacial score (nSPS) is 11.9. The van der Waals surface area contributed by atoms with E-state index in [0.717, 1.165) is 17.5 Å². The Morgan fingerprint density at radius 3 is 2.57 bits per heavy atom. The lowest BCUT2D eigenvalue weighted by Gasteiger charge is -2.16. The van der Waals surface area contributed by atoms with Crippen molar-refractivity contribution in [1.29, 1.82) is 0 Å². The summed E-state index contributed by atoms with van der Waals surface area (Å²) in [6, 6.07) is 12.2. The highest BCUT2D eigenvalue weighted by atomic mass is 19.1. The van der Waals surface area contributed by atoms with Crippen LogP contribution >= 0.6 is 0 Å². The van der Waals surface area contributed by atoms with Crippen molar-refractivity contribution in [2.24, 2.45) is 0 Å². The van der Waals surface area contributed by atoms with Gasteiger partial charge in [-0.15, -0.1) is 0 Å². The number of aromatic amines is 1. The van der Waals surface area contributed by atoms with Gasteiger partial charge in [0.2, 0.25) is 0 Å². The van der Waals surface area contributed by atoms with Crippen molar-refractivity contribution in [3.63, 3.8) is 0 Å². The number of aryl methyl sites for hydroxylation is 1. The molecule has 3 N–H and O–H groups in total. The average Bonchev–Trinajstić information content (AvgIpc) is 3.16. The van der Waals surface area contributed by atoms with Crippen LogP contribution in [0, 0.1) is 18.6 Å². The Morgan fingerprint density at radius 2 is 1.80 bits per heavy atom. The van der Waals surface area contributed by atoms with E-state index >= 15 is 0 Å². The number of hydrogen-bond acceptors (Lipinski definition) is 6. The number of rotatable bonds is 6. The second kappa shape index (κ2) is 8.24. The van der Waals surface area contributed by atoms with Crippen molar-refractivity contribution in [3.8, 4) is 11.4 Å². The van der Waals surface area contributed by atoms with Gasteiger partial charge in [0.05, 0.1) is 17.4 Å². The standard InChI is InChI=1S/C21H19F2N7/c1-12(15-7-6-14(22)9-16(15)23)25-19-11-20(27-13(2)26-19)28-21-10-18(29-30-21)17-5-3-4-8-24-17/h3-12H,1-2H3,(H3,25,26,27,28,29,30). The van der Waals surface area contributed by atoms with Crippen LogP contribution in [0.4, 0.5) is 26.2 Å². The SMILES string of the molecule is Cc1nc(Nc2cc(-c3ccccn3)[nH]n2)cc(NC(C)c2ccc(F)cc2F)n1. The largest absolute Gasteiger partial charge is 0.363 e. The number of nitrogens with one attached hydrogen (secondary N) is 3. The Balaban J connectivity index is 1.51. The molecule has 0 saturated heterocycles. The molecule has 0 aliphatic heterocycles. The fourth-order valence-electron chi connectivity index (χ4n) is 3.03. The monoisotopic (exact) mass is 407 g/mol. The molecule has 3 aromatic heterocycles. The molecule has 0 radical (unpaired) electrons. The van der Waals surface area contributed by atoms with Gasteiger partial charge in [-0.25, -0.2) is 18.7 Å². The molecular weight excluding hydrogens is 388 g/mol. The van der Waals surface area contributed by atoms with E-state index in [1.165, 1.54) is 12.1 Å². The number of halogens is 2. The zero-order valence-corrected chi connectivity index (χ0v) is 16.3. The fourth-order valence-corrected chi connectivity index (χ4v) is 3.03. The number of aromatic nitrogens is 5. The van der Waals surface area contributed by atoms with Gasteiger partial charge in [-0.2, -0.15) is 5.10 Å².